The van der Waals surface area contributed by atoms with Crippen molar-refractivity contribution in [3.05, 3.63) is 113 Å². The number of hydrogen-bond acceptors (Lipinski definition) is 16. The fraction of sp³-hybridized carbons (Fsp3) is 0.444. The van der Waals surface area contributed by atoms with Gasteiger partial charge in [-0.15, -0.1) is 10.2 Å². The van der Waals surface area contributed by atoms with Gasteiger partial charge < -0.3 is 43.9 Å². The third-order valence-corrected chi connectivity index (χ3v) is 13.4. The molecule has 0 saturated carbocycles. The van der Waals surface area contributed by atoms with E-state index in [2.05, 4.69) is 36.1 Å². The number of anilines is 2. The van der Waals surface area contributed by atoms with Gasteiger partial charge in [-0.25, -0.2) is 14.4 Å². The van der Waals surface area contributed by atoms with E-state index in [1.54, 1.807) is 28.1 Å². The topological polar surface area (TPSA) is 242 Å². The van der Waals surface area contributed by atoms with Crippen LogP contribution in [-0.4, -0.2) is 148 Å². The Balaban J connectivity index is 0.602. The molecule has 3 aromatic carbocycles. The average Bonchev–Trinajstić information content (AvgIpc) is 3.93. The molecule has 5 heterocycles. The lowest BCUT2D eigenvalue weighted by molar-refractivity contribution is -0.136. The summed E-state index contributed by atoms with van der Waals surface area (Å²) in [5.74, 6) is -1.43. The first-order valence-corrected chi connectivity index (χ1v) is 25.8. The smallest absolute Gasteiger partial charge is 0.262 e. The van der Waals surface area contributed by atoms with Gasteiger partial charge in [0, 0.05) is 76.7 Å². The van der Waals surface area contributed by atoms with E-state index in [9.17, 15) is 28.8 Å². The van der Waals surface area contributed by atoms with Crippen molar-refractivity contribution in [3.8, 4) is 17.3 Å². The van der Waals surface area contributed by atoms with Crippen molar-refractivity contribution in [1.82, 2.24) is 45.2 Å². The Kier molecular flexibility index (Phi) is 19.2. The first-order valence-electron chi connectivity index (χ1n) is 25.8. The molecule has 2 fully saturated rings. The van der Waals surface area contributed by atoms with Gasteiger partial charge in [-0.1, -0.05) is 24.6 Å². The molecule has 8 rings (SSSR count). The van der Waals surface area contributed by atoms with Crippen molar-refractivity contribution >= 4 is 46.8 Å². The van der Waals surface area contributed by atoms with Crippen LogP contribution in [0.15, 0.2) is 79.3 Å². The zero-order chi connectivity index (χ0) is 53.4. The van der Waals surface area contributed by atoms with Gasteiger partial charge in [-0.05, 0) is 93.1 Å². The van der Waals surface area contributed by atoms with Gasteiger partial charge in [0.1, 0.15) is 29.6 Å². The van der Waals surface area contributed by atoms with E-state index in [-0.39, 0.29) is 47.5 Å². The number of carbonyl (C=O) groups excluding carboxylic acids is 6. The fourth-order valence-electron chi connectivity index (χ4n) is 9.12. The summed E-state index contributed by atoms with van der Waals surface area (Å²) in [5, 5.41) is 17.1. The van der Waals surface area contributed by atoms with Crippen molar-refractivity contribution in [2.45, 2.75) is 76.9 Å². The Bertz CT molecular complexity index is 2830. The number of imide groups is 2. The standard InChI is InChI=1S/C54H64FN11O10/c1-36(59-51(69)38-9-7-10-39(31-38)57-34-47-61-62-50(63(47)2)44-18-19-56-35-58-44)37-12-14-40(15-13-37)76-26-6-4-3-5-24-73-27-29-75-30-28-74-25-8-11-49(68)65-22-20-64(21-23-65)46-33-42-41(32-43(46)55)53(71)66(54(42)72)45-16-17-48(67)60-52(45)70/h7,9-10,12-15,18-19,31-33,35-36,45,57H,3-6,8,11,16-17,20-30,34H2,1-2H3,(H,59,69)(H,60,67,70)/t36-,45?/m1/s1. The van der Waals surface area contributed by atoms with Gasteiger partial charge in [0.25, 0.3) is 17.7 Å². The third kappa shape index (κ3) is 14.2. The molecule has 22 heteroatoms. The number of unbranched alkanes of at least 4 members (excludes halogenated alkanes) is 3. The second-order valence-corrected chi connectivity index (χ2v) is 18.7. The predicted molar refractivity (Wildman–Crippen MR) is 276 cm³/mol. The number of carbonyl (C=O) groups is 6. The molecule has 1 unspecified atom stereocenters. The minimum Gasteiger partial charge on any atom is -0.494 e. The van der Waals surface area contributed by atoms with Gasteiger partial charge in [-0.2, -0.15) is 0 Å². The predicted octanol–water partition coefficient (Wildman–Crippen LogP) is 5.03. The van der Waals surface area contributed by atoms with E-state index in [0.717, 1.165) is 53.6 Å². The maximum Gasteiger partial charge on any atom is 0.262 e. The zero-order valence-electron chi connectivity index (χ0n) is 42.8. The molecule has 0 spiro atoms. The summed E-state index contributed by atoms with van der Waals surface area (Å²) in [6.07, 6.45) is 7.89. The van der Waals surface area contributed by atoms with E-state index >= 15 is 4.39 Å². The van der Waals surface area contributed by atoms with Gasteiger partial charge in [-0.3, -0.25) is 39.0 Å². The summed E-state index contributed by atoms with van der Waals surface area (Å²) >= 11 is 0. The Morgan fingerprint density at radius 1 is 0.803 bits per heavy atom. The van der Waals surface area contributed by atoms with Crippen molar-refractivity contribution in [1.29, 1.82) is 0 Å². The van der Waals surface area contributed by atoms with E-state index in [1.165, 1.54) is 12.4 Å². The Labute approximate surface area is 439 Å². The molecule has 0 bridgehead atoms. The second kappa shape index (κ2) is 26.7. The molecule has 2 saturated heterocycles. The lowest BCUT2D eigenvalue weighted by atomic mass is 10.0. The van der Waals surface area contributed by atoms with Gasteiger partial charge in [0.2, 0.25) is 17.7 Å². The molecule has 0 aliphatic carbocycles. The first kappa shape index (κ1) is 54.6. The highest BCUT2D eigenvalue weighted by molar-refractivity contribution is 6.23. The number of piperazine rings is 1. The third-order valence-electron chi connectivity index (χ3n) is 13.4. The van der Waals surface area contributed by atoms with Crippen LogP contribution in [0.1, 0.15) is 107 Å². The molecule has 21 nitrogen and oxygen atoms in total. The SMILES string of the molecule is C[C@@H](NC(=O)c1cccc(NCc2nnc(-c3ccncn3)n2C)c1)c1ccc(OCCCCCCOCCOCCOCCCC(=O)N2CCN(c3cc4c(cc3F)C(=O)N(C3CCC(=O)NC3=O)C4=O)CC2)cc1. The Hall–Kier alpha value is -7.69. The van der Waals surface area contributed by atoms with Crippen LogP contribution in [0.3, 0.4) is 0 Å². The maximum atomic E-state index is 15.3. The molecule has 2 atom stereocenters. The van der Waals surface area contributed by atoms with Crippen LogP contribution in [-0.2, 0) is 42.2 Å². The minimum absolute atomic E-state index is 0.00425. The molecule has 76 heavy (non-hydrogen) atoms. The zero-order valence-corrected chi connectivity index (χ0v) is 42.8. The number of benzene rings is 3. The number of nitrogens with zero attached hydrogens (tertiary/aromatic N) is 8. The lowest BCUT2D eigenvalue weighted by Gasteiger charge is -2.36. The molecule has 402 valence electrons. The number of halogens is 1. The van der Waals surface area contributed by atoms with Crippen molar-refractivity contribution < 1.29 is 52.1 Å². The van der Waals surface area contributed by atoms with Gasteiger partial charge in [0.15, 0.2) is 11.6 Å². The van der Waals surface area contributed by atoms with Gasteiger partial charge in [0.05, 0.1) is 62.4 Å². The van der Waals surface area contributed by atoms with Crippen LogP contribution in [0.2, 0.25) is 0 Å². The molecule has 3 N–H and O–H groups in total. The monoisotopic (exact) mass is 1050 g/mol. The van der Waals surface area contributed by atoms with E-state index in [0.29, 0.717) is 115 Å². The number of nitrogens with one attached hydrogen (secondary N) is 3. The summed E-state index contributed by atoms with van der Waals surface area (Å²) < 4.78 is 40.1. The summed E-state index contributed by atoms with van der Waals surface area (Å²) in [6.45, 7) is 7.19. The summed E-state index contributed by atoms with van der Waals surface area (Å²) in [5.41, 5.74) is 3.00. The molecule has 3 aliphatic heterocycles. The number of amides is 6. The molecule has 6 amide bonds. The van der Waals surface area contributed by atoms with E-state index in [1.807, 2.05) is 61.0 Å². The lowest BCUT2D eigenvalue weighted by Crippen LogP contribution is -2.54. The number of rotatable bonds is 27. The van der Waals surface area contributed by atoms with Crippen molar-refractivity contribution in [2.75, 3.05) is 82.6 Å². The Morgan fingerprint density at radius 2 is 1.50 bits per heavy atom. The van der Waals surface area contributed by atoms with Crippen LogP contribution in [0.25, 0.3) is 11.5 Å². The number of hydrogen-bond donors (Lipinski definition) is 3. The molecule has 0 radical (unpaired) electrons. The Morgan fingerprint density at radius 3 is 2.21 bits per heavy atom. The molecule has 5 aromatic rings. The molecule has 3 aliphatic rings. The molecular formula is C54H64FN11O10. The van der Waals surface area contributed by atoms with Crippen LogP contribution in [0.4, 0.5) is 15.8 Å². The van der Waals surface area contributed by atoms with Gasteiger partial charge >= 0.3 is 0 Å². The molecular weight excluding hydrogens is 982 g/mol. The van der Waals surface area contributed by atoms with E-state index < -0.39 is 35.5 Å². The number of fused-ring (bicyclic) bond motifs is 1. The number of piperidine rings is 1. The largest absolute Gasteiger partial charge is 0.494 e. The van der Waals surface area contributed by atoms with Crippen LogP contribution in [0, 0.1) is 5.82 Å². The average molecular weight is 1050 g/mol. The highest BCUT2D eigenvalue weighted by Gasteiger charge is 2.45. The number of ether oxygens (including phenoxy) is 4. The molecule has 2 aromatic heterocycles. The van der Waals surface area contributed by atoms with Crippen LogP contribution < -0.4 is 25.6 Å². The summed E-state index contributed by atoms with van der Waals surface area (Å²) in [6, 6.07) is 17.9. The van der Waals surface area contributed by atoms with Crippen molar-refractivity contribution in [2.24, 2.45) is 7.05 Å². The highest BCUT2D eigenvalue weighted by atomic mass is 19.1. The highest BCUT2D eigenvalue weighted by Crippen LogP contribution is 2.33. The minimum atomic E-state index is -1.14. The fourth-order valence-corrected chi connectivity index (χ4v) is 9.12. The first-order chi connectivity index (χ1) is 36.9. The summed E-state index contributed by atoms with van der Waals surface area (Å²) in [4.78, 5) is 88.8. The van der Waals surface area contributed by atoms with E-state index in [4.69, 9.17) is 18.9 Å². The summed E-state index contributed by atoms with van der Waals surface area (Å²) in [7, 11) is 1.88. The quantitative estimate of drug-likeness (QED) is 0.0461. The maximum absolute atomic E-state index is 15.3. The second-order valence-electron chi connectivity index (χ2n) is 18.7. The van der Waals surface area contributed by atoms with Crippen LogP contribution >= 0.6 is 0 Å². The van der Waals surface area contributed by atoms with Crippen LogP contribution in [0.5, 0.6) is 5.75 Å². The normalized spacial score (nSPS) is 15.9. The number of aromatic nitrogens is 5. The van der Waals surface area contributed by atoms with Crippen molar-refractivity contribution in [3.63, 3.8) is 0 Å².